The quantitative estimate of drug-likeness (QED) is 0.375. The summed E-state index contributed by atoms with van der Waals surface area (Å²) in [5, 5.41) is 12.5. The fourth-order valence-corrected chi connectivity index (χ4v) is 3.19. The van der Waals surface area contributed by atoms with E-state index in [1.807, 2.05) is 36.4 Å². The average molecular weight is 420 g/mol. The lowest BCUT2D eigenvalue weighted by Crippen LogP contribution is -2.07. The summed E-state index contributed by atoms with van der Waals surface area (Å²) in [7, 11) is 0. The summed E-state index contributed by atoms with van der Waals surface area (Å²) in [4.78, 5) is 12.3. The van der Waals surface area contributed by atoms with E-state index in [9.17, 15) is 4.79 Å². The number of hydrogen-bond acceptors (Lipinski definition) is 4. The number of aliphatic hydroxyl groups excluding tert-OH is 1. The Hall–Kier alpha value is -3.54. The van der Waals surface area contributed by atoms with E-state index in [1.165, 1.54) is 6.08 Å². The number of anilines is 1. The van der Waals surface area contributed by atoms with Crippen LogP contribution in [0, 0.1) is 0 Å². The molecule has 1 amide bonds. The van der Waals surface area contributed by atoms with Crippen LogP contribution in [0.1, 0.15) is 11.5 Å². The van der Waals surface area contributed by atoms with Crippen molar-refractivity contribution < 1.29 is 18.7 Å². The zero-order chi connectivity index (χ0) is 20.9. The van der Waals surface area contributed by atoms with Gasteiger partial charge in [0.1, 0.15) is 29.6 Å². The van der Waals surface area contributed by atoms with Gasteiger partial charge in [0.2, 0.25) is 5.91 Å². The summed E-state index contributed by atoms with van der Waals surface area (Å²) in [6.07, 6.45) is 3.00. The van der Waals surface area contributed by atoms with E-state index < -0.39 is 0 Å². The number of aliphatic hydroxyl groups is 1. The van der Waals surface area contributed by atoms with E-state index in [-0.39, 0.29) is 12.5 Å². The number of nitrogens with one attached hydrogen (secondary N) is 1. The third-order valence-corrected chi connectivity index (χ3v) is 4.73. The molecule has 2 aromatic heterocycles. The highest BCUT2D eigenvalue weighted by Crippen LogP contribution is 2.29. The lowest BCUT2D eigenvalue weighted by molar-refractivity contribution is -0.111. The Balaban J connectivity index is 1.43. The molecular weight excluding hydrogens is 402 g/mol. The molecule has 2 heterocycles. The molecule has 0 unspecified atom stereocenters. The van der Waals surface area contributed by atoms with Crippen LogP contribution in [0.4, 0.5) is 5.69 Å². The summed E-state index contributed by atoms with van der Waals surface area (Å²) in [5.74, 6) is 1.98. The first-order valence-corrected chi connectivity index (χ1v) is 9.64. The lowest BCUT2D eigenvalue weighted by Gasteiger charge is -2.04. The van der Waals surface area contributed by atoms with Crippen molar-refractivity contribution in [3.8, 4) is 22.6 Å². The van der Waals surface area contributed by atoms with Crippen molar-refractivity contribution in [1.82, 2.24) is 0 Å². The van der Waals surface area contributed by atoms with Crippen LogP contribution in [0.25, 0.3) is 28.7 Å². The minimum absolute atomic E-state index is 0.161. The smallest absolute Gasteiger partial charge is 0.248 e. The summed E-state index contributed by atoms with van der Waals surface area (Å²) < 4.78 is 11.3. The van der Waals surface area contributed by atoms with Gasteiger partial charge in [-0.1, -0.05) is 35.9 Å². The molecule has 30 heavy (non-hydrogen) atoms. The van der Waals surface area contributed by atoms with Crippen LogP contribution in [-0.4, -0.2) is 11.0 Å². The molecule has 0 radical (unpaired) electrons. The number of carbonyl (C=O) groups is 1. The summed E-state index contributed by atoms with van der Waals surface area (Å²) in [6, 6.07) is 21.8. The van der Waals surface area contributed by atoms with Crippen LogP contribution >= 0.6 is 11.6 Å². The van der Waals surface area contributed by atoms with Crippen LogP contribution < -0.4 is 5.32 Å². The maximum Gasteiger partial charge on any atom is 0.248 e. The van der Waals surface area contributed by atoms with E-state index in [0.29, 0.717) is 33.8 Å². The number of benzene rings is 2. The largest absolute Gasteiger partial charge is 0.459 e. The van der Waals surface area contributed by atoms with E-state index in [2.05, 4.69) is 5.32 Å². The molecule has 0 aliphatic carbocycles. The number of hydrogen-bond donors (Lipinski definition) is 2. The molecule has 0 aliphatic rings. The number of halogens is 1. The maximum absolute atomic E-state index is 12.3. The molecule has 0 saturated heterocycles. The zero-order valence-electron chi connectivity index (χ0n) is 15.8. The molecule has 0 aliphatic heterocycles. The fraction of sp³-hybridized carbons (Fsp3) is 0.0417. The van der Waals surface area contributed by atoms with Gasteiger partial charge in [0.25, 0.3) is 0 Å². The molecule has 4 aromatic rings. The van der Waals surface area contributed by atoms with Crippen LogP contribution in [0.3, 0.4) is 0 Å². The molecule has 6 heteroatoms. The van der Waals surface area contributed by atoms with Gasteiger partial charge >= 0.3 is 0 Å². The summed E-state index contributed by atoms with van der Waals surface area (Å²) >= 11 is 6.19. The minimum atomic E-state index is -0.293. The highest BCUT2D eigenvalue weighted by Gasteiger charge is 2.08. The van der Waals surface area contributed by atoms with Crippen molar-refractivity contribution in [2.45, 2.75) is 6.61 Å². The Morgan fingerprint density at radius 3 is 2.60 bits per heavy atom. The molecule has 0 fully saturated rings. The van der Waals surface area contributed by atoms with Crippen molar-refractivity contribution in [3.05, 3.63) is 95.4 Å². The van der Waals surface area contributed by atoms with Gasteiger partial charge in [-0.3, -0.25) is 4.79 Å². The molecule has 5 nitrogen and oxygen atoms in total. The molecule has 4 rings (SSSR count). The molecular formula is C24H18ClNO4. The normalized spacial score (nSPS) is 11.1. The first kappa shape index (κ1) is 19.8. The third-order valence-electron chi connectivity index (χ3n) is 4.40. The molecule has 0 saturated carbocycles. The topological polar surface area (TPSA) is 75.6 Å². The average Bonchev–Trinajstić information content (AvgIpc) is 3.42. The van der Waals surface area contributed by atoms with Crippen molar-refractivity contribution in [2.24, 2.45) is 0 Å². The van der Waals surface area contributed by atoms with E-state index in [1.54, 1.807) is 42.5 Å². The van der Waals surface area contributed by atoms with Crippen molar-refractivity contribution in [2.75, 3.05) is 5.32 Å². The van der Waals surface area contributed by atoms with Crippen molar-refractivity contribution in [3.63, 3.8) is 0 Å². The second kappa shape index (κ2) is 8.86. The lowest BCUT2D eigenvalue weighted by atomic mass is 10.1. The van der Waals surface area contributed by atoms with Gasteiger partial charge in [0.05, 0.1) is 5.02 Å². The van der Waals surface area contributed by atoms with Crippen molar-refractivity contribution in [1.29, 1.82) is 0 Å². The number of amides is 1. The van der Waals surface area contributed by atoms with E-state index in [0.717, 1.165) is 11.1 Å². The molecule has 0 bridgehead atoms. The Kier molecular flexibility index (Phi) is 5.84. The number of rotatable bonds is 6. The minimum Gasteiger partial charge on any atom is -0.459 e. The van der Waals surface area contributed by atoms with Gasteiger partial charge in [0, 0.05) is 22.9 Å². The third kappa shape index (κ3) is 4.54. The van der Waals surface area contributed by atoms with Gasteiger partial charge in [-0.2, -0.15) is 0 Å². The van der Waals surface area contributed by atoms with Crippen LogP contribution in [0.15, 0.2) is 87.7 Å². The highest BCUT2D eigenvalue weighted by molar-refractivity contribution is 6.33. The molecule has 2 N–H and O–H groups in total. The Morgan fingerprint density at radius 2 is 1.80 bits per heavy atom. The maximum atomic E-state index is 12.3. The van der Waals surface area contributed by atoms with Crippen molar-refractivity contribution >= 4 is 29.3 Å². The summed E-state index contributed by atoms with van der Waals surface area (Å²) in [5.41, 5.74) is 2.22. The molecule has 2 aromatic carbocycles. The van der Waals surface area contributed by atoms with Crippen LogP contribution in [-0.2, 0) is 11.4 Å². The first-order chi connectivity index (χ1) is 14.6. The Bertz CT molecular complexity index is 1210. The summed E-state index contributed by atoms with van der Waals surface area (Å²) in [6.45, 7) is -0.161. The number of carbonyl (C=O) groups excluding carboxylic acids is 1. The second-order valence-electron chi connectivity index (χ2n) is 6.51. The Labute approximate surface area is 178 Å². The van der Waals surface area contributed by atoms with Gasteiger partial charge in [-0.05, 0) is 54.6 Å². The number of furan rings is 2. The van der Waals surface area contributed by atoms with Crippen LogP contribution in [0.5, 0.6) is 0 Å². The molecule has 0 atom stereocenters. The SMILES string of the molecule is O=C(/C=C/c1ccc(-c2ccccc2Cl)o1)Nc1cccc(-c2ccc(CO)o2)c1. The van der Waals surface area contributed by atoms with Gasteiger partial charge in [-0.15, -0.1) is 0 Å². The monoisotopic (exact) mass is 419 g/mol. The fourth-order valence-electron chi connectivity index (χ4n) is 2.96. The van der Waals surface area contributed by atoms with Crippen LogP contribution in [0.2, 0.25) is 5.02 Å². The van der Waals surface area contributed by atoms with E-state index in [4.69, 9.17) is 25.5 Å². The predicted octanol–water partition coefficient (Wildman–Crippen LogP) is 6.00. The van der Waals surface area contributed by atoms with Gasteiger partial charge in [-0.25, -0.2) is 0 Å². The highest BCUT2D eigenvalue weighted by atomic mass is 35.5. The second-order valence-corrected chi connectivity index (χ2v) is 6.92. The molecule has 150 valence electrons. The zero-order valence-corrected chi connectivity index (χ0v) is 16.6. The first-order valence-electron chi connectivity index (χ1n) is 9.26. The van der Waals surface area contributed by atoms with Gasteiger partial charge < -0.3 is 19.3 Å². The standard InChI is InChI=1S/C24H18ClNO4/c25-21-7-2-1-6-20(21)23-12-8-18(29-23)10-13-24(28)26-17-5-3-4-16(14-17)22-11-9-19(15-27)30-22/h1-14,27H,15H2,(H,26,28)/b13-10+. The van der Waals surface area contributed by atoms with Gasteiger partial charge in [0.15, 0.2) is 0 Å². The predicted molar refractivity (Wildman–Crippen MR) is 117 cm³/mol. The Morgan fingerprint density at radius 1 is 0.967 bits per heavy atom. The molecule has 0 spiro atoms. The van der Waals surface area contributed by atoms with E-state index >= 15 is 0 Å².